The molecule has 2 atom stereocenters. The van der Waals surface area contributed by atoms with Gasteiger partial charge in [-0.15, -0.1) is 23.4 Å². The molecule has 1 aliphatic heterocycles. The Balaban J connectivity index is 2.07. The van der Waals surface area contributed by atoms with Gasteiger partial charge in [-0.05, 0) is 6.08 Å². The van der Waals surface area contributed by atoms with Crippen LogP contribution >= 0.6 is 23.4 Å². The maximum atomic E-state index is 12.6. The summed E-state index contributed by atoms with van der Waals surface area (Å²) in [5, 5.41) is 8.25. The minimum atomic E-state index is -1.07. The van der Waals surface area contributed by atoms with E-state index in [9.17, 15) is 19.5 Å². The molecule has 1 aromatic rings. The molecule has 1 N–H and O–H groups in total. The molecular weight excluding hydrogens is 324 g/mol. The van der Waals surface area contributed by atoms with E-state index in [2.05, 4.69) is 0 Å². The first kappa shape index (κ1) is 15.1. The van der Waals surface area contributed by atoms with Crippen LogP contribution in [0.15, 0.2) is 52.5 Å². The van der Waals surface area contributed by atoms with Crippen molar-refractivity contribution >= 4 is 40.9 Å². The molecule has 2 unspecified atom stereocenters. The quantitative estimate of drug-likeness (QED) is 0.679. The molecule has 2 aliphatic rings. The Morgan fingerprint density at radius 1 is 1.23 bits per heavy atom. The lowest BCUT2D eigenvalue weighted by molar-refractivity contribution is -0.140. The van der Waals surface area contributed by atoms with Crippen LogP contribution in [0.5, 0.6) is 0 Å². The Hall–Kier alpha value is -1.85. The molecule has 0 amide bonds. The highest BCUT2D eigenvalue weighted by Gasteiger charge is 2.42. The zero-order chi connectivity index (χ0) is 15.9. The third-order valence-electron chi connectivity index (χ3n) is 3.64. The molecule has 3 rings (SSSR count). The van der Waals surface area contributed by atoms with E-state index in [4.69, 9.17) is 11.6 Å². The first-order valence-electron chi connectivity index (χ1n) is 6.60. The van der Waals surface area contributed by atoms with E-state index < -0.39 is 23.0 Å². The predicted molar refractivity (Wildman–Crippen MR) is 84.1 cm³/mol. The largest absolute Gasteiger partial charge is 0.481 e. The number of hydrogen-bond donors (Lipinski definition) is 1. The van der Waals surface area contributed by atoms with Crippen LogP contribution < -0.4 is 0 Å². The molecular formula is C16H11ClO4S. The Kier molecular flexibility index (Phi) is 3.93. The van der Waals surface area contributed by atoms with Crippen molar-refractivity contribution < 1.29 is 19.5 Å². The van der Waals surface area contributed by atoms with Crippen molar-refractivity contribution in [3.05, 3.63) is 58.0 Å². The summed E-state index contributed by atoms with van der Waals surface area (Å²) in [6.45, 7) is 0. The summed E-state index contributed by atoms with van der Waals surface area (Å²) >= 11 is 7.25. The molecule has 0 aromatic heterocycles. The lowest BCUT2D eigenvalue weighted by Crippen LogP contribution is -2.28. The zero-order valence-electron chi connectivity index (χ0n) is 11.3. The number of thioether (sulfide) groups is 1. The van der Waals surface area contributed by atoms with Crippen molar-refractivity contribution in [2.45, 2.75) is 5.38 Å². The van der Waals surface area contributed by atoms with Crippen LogP contribution in [0, 0.1) is 5.92 Å². The van der Waals surface area contributed by atoms with Crippen molar-refractivity contribution in [1.82, 2.24) is 0 Å². The van der Waals surface area contributed by atoms with E-state index in [1.807, 2.05) is 0 Å². The summed E-state index contributed by atoms with van der Waals surface area (Å²) in [5.41, 5.74) is 0.979. The maximum Gasteiger partial charge on any atom is 0.312 e. The molecule has 6 heteroatoms. The number of carboxylic acid groups (broad SMARTS) is 1. The molecule has 0 bridgehead atoms. The Morgan fingerprint density at radius 3 is 2.55 bits per heavy atom. The highest BCUT2D eigenvalue weighted by Crippen LogP contribution is 2.45. The van der Waals surface area contributed by atoms with Crippen LogP contribution in [-0.2, 0) is 9.59 Å². The van der Waals surface area contributed by atoms with Gasteiger partial charge in [-0.3, -0.25) is 14.4 Å². The van der Waals surface area contributed by atoms with E-state index in [1.54, 1.807) is 30.3 Å². The molecule has 4 nitrogen and oxygen atoms in total. The maximum absolute atomic E-state index is 12.6. The number of benzene rings is 1. The molecule has 112 valence electrons. The smallest absolute Gasteiger partial charge is 0.312 e. The monoisotopic (exact) mass is 334 g/mol. The molecule has 0 spiro atoms. The summed E-state index contributed by atoms with van der Waals surface area (Å²) in [7, 11) is 0. The number of allylic oxidation sites excluding steroid dienone is 2. The third-order valence-corrected chi connectivity index (χ3v) is 5.19. The molecule has 1 heterocycles. The van der Waals surface area contributed by atoms with Crippen LogP contribution in [-0.4, -0.2) is 33.8 Å². The number of aliphatic carboxylic acids is 1. The molecule has 1 aromatic carbocycles. The molecule has 0 radical (unpaired) electrons. The summed E-state index contributed by atoms with van der Waals surface area (Å²) < 4.78 is 0. The van der Waals surface area contributed by atoms with Crippen LogP contribution in [0.4, 0.5) is 0 Å². The third kappa shape index (κ3) is 2.40. The number of hydrogen-bond acceptors (Lipinski definition) is 4. The van der Waals surface area contributed by atoms with Gasteiger partial charge in [0.05, 0.1) is 5.92 Å². The van der Waals surface area contributed by atoms with Gasteiger partial charge in [0, 0.05) is 27.4 Å². The van der Waals surface area contributed by atoms with Gasteiger partial charge in [0.25, 0.3) is 0 Å². The number of halogens is 1. The van der Waals surface area contributed by atoms with E-state index in [-0.39, 0.29) is 17.1 Å². The number of carbonyl (C=O) groups excluding carboxylic acids is 2. The lowest BCUT2D eigenvalue weighted by atomic mass is 9.86. The Bertz CT molecular complexity index is 736. The number of carboxylic acids is 1. The second-order valence-electron chi connectivity index (χ2n) is 4.99. The first-order valence-corrected chi connectivity index (χ1v) is 8.03. The van der Waals surface area contributed by atoms with Gasteiger partial charge in [-0.1, -0.05) is 30.3 Å². The van der Waals surface area contributed by atoms with Crippen molar-refractivity contribution in [3.8, 4) is 0 Å². The zero-order valence-corrected chi connectivity index (χ0v) is 12.9. The van der Waals surface area contributed by atoms with E-state index in [0.717, 1.165) is 0 Å². The highest BCUT2D eigenvalue weighted by atomic mass is 35.5. The summed E-state index contributed by atoms with van der Waals surface area (Å²) in [6, 6.07) is 8.65. The fraction of sp³-hybridized carbons (Fsp3) is 0.188. The summed E-state index contributed by atoms with van der Waals surface area (Å²) in [4.78, 5) is 36.6. The van der Waals surface area contributed by atoms with E-state index in [1.165, 1.54) is 17.8 Å². The lowest BCUT2D eigenvalue weighted by Gasteiger charge is -2.19. The SMILES string of the molecule is O=C(C1=CC(Cl)C(=O)C2=C1SCC2C(=O)O)c1ccccc1. The van der Waals surface area contributed by atoms with Crippen LogP contribution in [0.25, 0.3) is 0 Å². The molecule has 1 aliphatic carbocycles. The van der Waals surface area contributed by atoms with E-state index >= 15 is 0 Å². The number of alkyl halides is 1. The van der Waals surface area contributed by atoms with Gasteiger partial charge in [0.15, 0.2) is 11.6 Å². The predicted octanol–water partition coefficient (Wildman–Crippen LogP) is 2.69. The normalized spacial score (nSPS) is 24.0. The van der Waals surface area contributed by atoms with Gasteiger partial charge in [0.1, 0.15) is 5.38 Å². The average molecular weight is 335 g/mol. The van der Waals surface area contributed by atoms with Crippen molar-refractivity contribution in [2.24, 2.45) is 5.92 Å². The molecule has 0 fully saturated rings. The average Bonchev–Trinajstić information content (AvgIpc) is 2.96. The van der Waals surface area contributed by atoms with Crippen molar-refractivity contribution in [2.75, 3.05) is 5.75 Å². The number of carbonyl (C=O) groups is 3. The van der Waals surface area contributed by atoms with Crippen molar-refractivity contribution in [1.29, 1.82) is 0 Å². The van der Waals surface area contributed by atoms with Gasteiger partial charge >= 0.3 is 5.97 Å². The van der Waals surface area contributed by atoms with Gasteiger partial charge in [-0.2, -0.15) is 0 Å². The number of Topliss-reactive ketones (excluding diaryl/α,β-unsaturated/α-hetero) is 2. The first-order chi connectivity index (χ1) is 10.5. The van der Waals surface area contributed by atoms with Crippen LogP contribution in [0.2, 0.25) is 0 Å². The minimum Gasteiger partial charge on any atom is -0.481 e. The number of ketones is 2. The van der Waals surface area contributed by atoms with Gasteiger partial charge in [0.2, 0.25) is 0 Å². The molecule has 0 saturated carbocycles. The highest BCUT2D eigenvalue weighted by molar-refractivity contribution is 8.03. The van der Waals surface area contributed by atoms with Crippen LogP contribution in [0.3, 0.4) is 0 Å². The number of rotatable bonds is 3. The Labute approximate surface area is 135 Å². The second-order valence-corrected chi connectivity index (χ2v) is 6.49. The second kappa shape index (κ2) is 5.74. The summed E-state index contributed by atoms with van der Waals surface area (Å²) in [5.74, 6) is -2.39. The fourth-order valence-electron chi connectivity index (χ4n) is 2.56. The van der Waals surface area contributed by atoms with E-state index in [0.29, 0.717) is 16.0 Å². The van der Waals surface area contributed by atoms with Gasteiger partial charge in [-0.25, -0.2) is 0 Å². The molecule has 22 heavy (non-hydrogen) atoms. The standard InChI is InChI=1S/C16H11ClO4S/c17-11-6-9(13(18)8-4-2-1-3-5-8)15-12(14(11)19)10(7-22-15)16(20)21/h1-6,10-11H,7H2,(H,20,21). The summed E-state index contributed by atoms with van der Waals surface area (Å²) in [6.07, 6.45) is 1.43. The fourth-order valence-corrected chi connectivity index (χ4v) is 4.16. The van der Waals surface area contributed by atoms with Gasteiger partial charge < -0.3 is 5.11 Å². The topological polar surface area (TPSA) is 71.4 Å². The Morgan fingerprint density at radius 2 is 1.91 bits per heavy atom. The minimum absolute atomic E-state index is 0.166. The van der Waals surface area contributed by atoms with Crippen LogP contribution in [0.1, 0.15) is 10.4 Å². The molecule has 0 saturated heterocycles. The van der Waals surface area contributed by atoms with Crippen molar-refractivity contribution in [3.63, 3.8) is 0 Å².